The van der Waals surface area contributed by atoms with E-state index >= 15 is 0 Å². The van der Waals surface area contributed by atoms with Gasteiger partial charge in [-0.05, 0) is 61.6 Å². The SMILES string of the molecule is COc1ccc(NC(=O)c2ccc(-c3cccc(Cl)c3)cc2)cc1OCCN(C)C. The molecule has 0 atom stereocenters. The van der Waals surface area contributed by atoms with Gasteiger partial charge in [-0.15, -0.1) is 0 Å². The number of rotatable bonds is 8. The Labute approximate surface area is 182 Å². The third-order valence-electron chi connectivity index (χ3n) is 4.52. The number of carbonyl (C=O) groups excluding carboxylic acids is 1. The molecule has 1 N–H and O–H groups in total. The summed E-state index contributed by atoms with van der Waals surface area (Å²) in [6.45, 7) is 1.30. The van der Waals surface area contributed by atoms with Crippen LogP contribution in [0.2, 0.25) is 5.02 Å². The van der Waals surface area contributed by atoms with Gasteiger partial charge in [0.1, 0.15) is 6.61 Å². The summed E-state index contributed by atoms with van der Waals surface area (Å²) < 4.78 is 11.2. The Kier molecular flexibility index (Phi) is 7.33. The average Bonchev–Trinajstić information content (AvgIpc) is 2.74. The minimum absolute atomic E-state index is 0.197. The quantitative estimate of drug-likeness (QED) is 0.539. The summed E-state index contributed by atoms with van der Waals surface area (Å²) in [4.78, 5) is 14.7. The van der Waals surface area contributed by atoms with Gasteiger partial charge < -0.3 is 19.7 Å². The normalized spacial score (nSPS) is 10.7. The second kappa shape index (κ2) is 10.1. The molecule has 0 radical (unpaired) electrons. The van der Waals surface area contributed by atoms with E-state index in [0.717, 1.165) is 17.7 Å². The van der Waals surface area contributed by atoms with Crippen molar-refractivity contribution < 1.29 is 14.3 Å². The lowest BCUT2D eigenvalue weighted by Crippen LogP contribution is -2.19. The van der Waals surface area contributed by atoms with Crippen molar-refractivity contribution in [1.29, 1.82) is 0 Å². The van der Waals surface area contributed by atoms with Crippen LogP contribution in [-0.4, -0.2) is 45.2 Å². The predicted octanol–water partition coefficient (Wildman–Crippen LogP) is 5.21. The number of benzene rings is 3. The molecule has 0 unspecified atom stereocenters. The van der Waals surface area contributed by atoms with Crippen molar-refractivity contribution in [1.82, 2.24) is 4.90 Å². The first-order chi connectivity index (χ1) is 14.5. The van der Waals surface area contributed by atoms with Crippen LogP contribution >= 0.6 is 11.6 Å². The van der Waals surface area contributed by atoms with E-state index in [4.69, 9.17) is 21.1 Å². The smallest absolute Gasteiger partial charge is 0.255 e. The monoisotopic (exact) mass is 424 g/mol. The molecule has 1 amide bonds. The second-order valence-electron chi connectivity index (χ2n) is 7.06. The summed E-state index contributed by atoms with van der Waals surface area (Å²) >= 11 is 6.06. The van der Waals surface area contributed by atoms with Crippen LogP contribution in [0.3, 0.4) is 0 Å². The number of hydrogen-bond acceptors (Lipinski definition) is 4. The topological polar surface area (TPSA) is 50.8 Å². The Bertz CT molecular complexity index is 1000. The van der Waals surface area contributed by atoms with Crippen molar-refractivity contribution in [2.24, 2.45) is 0 Å². The van der Waals surface area contributed by atoms with Gasteiger partial charge in [-0.1, -0.05) is 35.9 Å². The lowest BCUT2D eigenvalue weighted by Gasteiger charge is -2.15. The van der Waals surface area contributed by atoms with Gasteiger partial charge in [-0.2, -0.15) is 0 Å². The fraction of sp³-hybridized carbons (Fsp3) is 0.208. The van der Waals surface area contributed by atoms with Gasteiger partial charge in [0.25, 0.3) is 5.91 Å². The maximum atomic E-state index is 12.7. The molecular weight excluding hydrogens is 400 g/mol. The van der Waals surface area contributed by atoms with E-state index in [-0.39, 0.29) is 5.91 Å². The zero-order valence-electron chi connectivity index (χ0n) is 17.3. The molecular formula is C24H25ClN2O3. The third-order valence-corrected chi connectivity index (χ3v) is 4.76. The molecule has 30 heavy (non-hydrogen) atoms. The Hall–Kier alpha value is -3.02. The number of hydrogen-bond donors (Lipinski definition) is 1. The number of halogens is 1. The molecule has 0 fully saturated rings. The Morgan fingerprint density at radius 1 is 0.967 bits per heavy atom. The summed E-state index contributed by atoms with van der Waals surface area (Å²) in [5, 5.41) is 3.59. The number of amides is 1. The highest BCUT2D eigenvalue weighted by Gasteiger charge is 2.11. The van der Waals surface area contributed by atoms with Crippen molar-refractivity contribution in [3.63, 3.8) is 0 Å². The van der Waals surface area contributed by atoms with Crippen molar-refractivity contribution in [2.45, 2.75) is 0 Å². The number of methoxy groups -OCH3 is 1. The van der Waals surface area contributed by atoms with Crippen LogP contribution < -0.4 is 14.8 Å². The zero-order valence-corrected chi connectivity index (χ0v) is 18.1. The van der Waals surface area contributed by atoms with E-state index < -0.39 is 0 Å². The van der Waals surface area contributed by atoms with Crippen LogP contribution in [0.4, 0.5) is 5.69 Å². The first-order valence-electron chi connectivity index (χ1n) is 9.59. The lowest BCUT2D eigenvalue weighted by molar-refractivity contribution is 0.102. The van der Waals surface area contributed by atoms with Gasteiger partial charge >= 0.3 is 0 Å². The van der Waals surface area contributed by atoms with Crippen LogP contribution in [0.25, 0.3) is 11.1 Å². The molecule has 0 aliphatic carbocycles. The van der Waals surface area contributed by atoms with Gasteiger partial charge in [0.05, 0.1) is 7.11 Å². The summed E-state index contributed by atoms with van der Waals surface area (Å²) in [5.41, 5.74) is 3.20. The van der Waals surface area contributed by atoms with Gasteiger partial charge in [-0.3, -0.25) is 4.79 Å². The molecule has 0 saturated heterocycles. The number of nitrogens with one attached hydrogen (secondary N) is 1. The van der Waals surface area contributed by atoms with Crippen LogP contribution in [0.5, 0.6) is 11.5 Å². The lowest BCUT2D eigenvalue weighted by atomic mass is 10.0. The maximum Gasteiger partial charge on any atom is 0.255 e. The second-order valence-corrected chi connectivity index (χ2v) is 7.50. The van der Waals surface area contributed by atoms with Crippen molar-refractivity contribution >= 4 is 23.2 Å². The van der Waals surface area contributed by atoms with Crippen molar-refractivity contribution in [3.05, 3.63) is 77.3 Å². The molecule has 0 aliphatic rings. The van der Waals surface area contributed by atoms with Crippen molar-refractivity contribution in [2.75, 3.05) is 39.7 Å². The van der Waals surface area contributed by atoms with Crippen LogP contribution in [0.1, 0.15) is 10.4 Å². The highest BCUT2D eigenvalue weighted by Crippen LogP contribution is 2.30. The fourth-order valence-electron chi connectivity index (χ4n) is 2.89. The molecule has 6 heteroatoms. The number of nitrogens with zero attached hydrogens (tertiary/aromatic N) is 1. The van der Waals surface area contributed by atoms with Crippen molar-refractivity contribution in [3.8, 4) is 22.6 Å². The number of carbonyl (C=O) groups is 1. The highest BCUT2D eigenvalue weighted by molar-refractivity contribution is 6.30. The van der Waals surface area contributed by atoms with E-state index in [0.29, 0.717) is 34.4 Å². The fourth-order valence-corrected chi connectivity index (χ4v) is 3.08. The molecule has 5 nitrogen and oxygen atoms in total. The summed E-state index contributed by atoms with van der Waals surface area (Å²) in [5.74, 6) is 1.02. The van der Waals surface area contributed by atoms with Gasteiger partial charge in [0, 0.05) is 28.9 Å². The number of likely N-dealkylation sites (N-methyl/N-ethyl adjacent to an activating group) is 1. The summed E-state index contributed by atoms with van der Waals surface area (Å²) in [7, 11) is 5.55. The van der Waals surface area contributed by atoms with Crippen LogP contribution in [0, 0.1) is 0 Å². The number of ether oxygens (including phenoxy) is 2. The third kappa shape index (κ3) is 5.75. The molecule has 3 rings (SSSR count). The first kappa shape index (κ1) is 21.7. The number of anilines is 1. The molecule has 0 aromatic heterocycles. The van der Waals surface area contributed by atoms with Crippen LogP contribution in [-0.2, 0) is 0 Å². The Morgan fingerprint density at radius 3 is 2.40 bits per heavy atom. The molecule has 0 saturated carbocycles. The molecule has 0 heterocycles. The van der Waals surface area contributed by atoms with E-state index in [1.807, 2.05) is 55.4 Å². The predicted molar refractivity (Wildman–Crippen MR) is 122 cm³/mol. The average molecular weight is 425 g/mol. The molecule has 0 aliphatic heterocycles. The molecule has 0 bridgehead atoms. The van der Waals surface area contributed by atoms with E-state index in [9.17, 15) is 4.79 Å². The molecule has 3 aromatic carbocycles. The Balaban J connectivity index is 1.70. The Morgan fingerprint density at radius 2 is 1.73 bits per heavy atom. The standard InChI is InChI=1S/C24H25ClN2O3/c1-27(2)13-14-30-23-16-21(11-12-22(23)29-3)26-24(28)18-9-7-17(8-10-18)19-5-4-6-20(25)15-19/h4-12,15-16H,13-14H2,1-3H3,(H,26,28). The van der Waals surface area contributed by atoms with E-state index in [1.165, 1.54) is 0 Å². The zero-order chi connectivity index (χ0) is 21.5. The van der Waals surface area contributed by atoms with Crippen LogP contribution in [0.15, 0.2) is 66.7 Å². The van der Waals surface area contributed by atoms with E-state index in [2.05, 4.69) is 5.32 Å². The highest BCUT2D eigenvalue weighted by atomic mass is 35.5. The molecule has 156 valence electrons. The maximum absolute atomic E-state index is 12.7. The minimum atomic E-state index is -0.197. The van der Waals surface area contributed by atoms with Gasteiger partial charge in [-0.25, -0.2) is 0 Å². The first-order valence-corrected chi connectivity index (χ1v) is 9.97. The summed E-state index contributed by atoms with van der Waals surface area (Å²) in [6.07, 6.45) is 0. The van der Waals surface area contributed by atoms with Gasteiger partial charge in [0.15, 0.2) is 11.5 Å². The minimum Gasteiger partial charge on any atom is -0.493 e. The molecule has 0 spiro atoms. The largest absolute Gasteiger partial charge is 0.493 e. The summed E-state index contributed by atoms with van der Waals surface area (Å²) in [6, 6.07) is 20.4. The molecule has 3 aromatic rings. The van der Waals surface area contributed by atoms with E-state index in [1.54, 1.807) is 37.4 Å². The van der Waals surface area contributed by atoms with Gasteiger partial charge in [0.2, 0.25) is 0 Å².